The summed E-state index contributed by atoms with van der Waals surface area (Å²) in [6.07, 6.45) is 1.31. The molecule has 1 aromatic heterocycles. The first-order chi connectivity index (χ1) is 13.5. The summed E-state index contributed by atoms with van der Waals surface area (Å²) in [7, 11) is -3.24. The molecule has 0 bridgehead atoms. The number of amides is 1. The minimum atomic E-state index is -3.24. The van der Waals surface area contributed by atoms with Crippen molar-refractivity contribution in [3.63, 3.8) is 0 Å². The van der Waals surface area contributed by atoms with Crippen LogP contribution in [0, 0.1) is 5.82 Å². The lowest BCUT2D eigenvalue weighted by Crippen LogP contribution is -2.23. The highest BCUT2D eigenvalue weighted by atomic mass is 31.2. The number of benzene rings is 2. The first-order valence-corrected chi connectivity index (χ1v) is 11.1. The van der Waals surface area contributed by atoms with Gasteiger partial charge in [0.05, 0.1) is 12.8 Å². The van der Waals surface area contributed by atoms with Crippen LogP contribution in [0.4, 0.5) is 4.39 Å². The van der Waals surface area contributed by atoms with Crippen LogP contribution < -0.4 is 0 Å². The minimum absolute atomic E-state index is 0.108. The molecule has 1 fully saturated rings. The lowest BCUT2D eigenvalue weighted by molar-refractivity contribution is -0.124. The van der Waals surface area contributed by atoms with E-state index in [-0.39, 0.29) is 24.5 Å². The van der Waals surface area contributed by atoms with Crippen molar-refractivity contribution in [2.45, 2.75) is 25.9 Å². The van der Waals surface area contributed by atoms with Crippen LogP contribution in [0.2, 0.25) is 0 Å². The Kier molecular flexibility index (Phi) is 5.09. The Morgan fingerprint density at radius 2 is 1.96 bits per heavy atom. The van der Waals surface area contributed by atoms with E-state index in [2.05, 4.69) is 0 Å². The van der Waals surface area contributed by atoms with E-state index < -0.39 is 7.52 Å². The second kappa shape index (κ2) is 7.53. The first kappa shape index (κ1) is 18.9. The summed E-state index contributed by atoms with van der Waals surface area (Å²) in [5.74, 6) is 0.219. The monoisotopic (exact) mass is 401 g/mol. The molecule has 0 radical (unpaired) electrons. The normalized spacial score (nSPS) is 16.6. The average molecular weight is 401 g/mol. The molecule has 1 atom stereocenters. The van der Waals surface area contributed by atoms with E-state index in [0.717, 1.165) is 11.1 Å². The van der Waals surface area contributed by atoms with Gasteiger partial charge in [-0.1, -0.05) is 24.3 Å². The average Bonchev–Trinajstić information content (AvgIpc) is 3.28. The first-order valence-electron chi connectivity index (χ1n) is 9.31. The fraction of sp³-hybridized carbons (Fsp3) is 0.286. The predicted octanol–water partition coefficient (Wildman–Crippen LogP) is 5.59. The third-order valence-corrected chi connectivity index (χ3v) is 7.43. The Bertz CT molecular complexity index is 1060. The van der Waals surface area contributed by atoms with Gasteiger partial charge in [0.1, 0.15) is 17.2 Å². The molecule has 0 spiro atoms. The molecule has 2 heterocycles. The Balaban J connectivity index is 1.58. The van der Waals surface area contributed by atoms with Gasteiger partial charge in [-0.2, -0.15) is 0 Å². The third-order valence-electron chi connectivity index (χ3n) is 4.85. The summed E-state index contributed by atoms with van der Waals surface area (Å²) in [4.78, 5) is 12.1. The van der Waals surface area contributed by atoms with Gasteiger partial charge >= 0.3 is 7.52 Å². The SMILES string of the molecule is CCOP(=O)(Cc1ccc(-c2cc3cc(F)ccc3o2)cc1)N1CCCC1=O. The highest BCUT2D eigenvalue weighted by Crippen LogP contribution is 2.55. The van der Waals surface area contributed by atoms with Crippen LogP contribution in [-0.4, -0.2) is 23.7 Å². The summed E-state index contributed by atoms with van der Waals surface area (Å²) in [5, 5.41) is 0.701. The minimum Gasteiger partial charge on any atom is -0.456 e. The number of fused-ring (bicyclic) bond motifs is 1. The van der Waals surface area contributed by atoms with Crippen LogP contribution in [0.15, 0.2) is 52.9 Å². The number of carbonyl (C=O) groups is 1. The van der Waals surface area contributed by atoms with Crippen molar-refractivity contribution < 1.29 is 22.7 Å². The summed E-state index contributed by atoms with van der Waals surface area (Å²) in [6.45, 7) is 2.54. The lowest BCUT2D eigenvalue weighted by atomic mass is 10.1. The van der Waals surface area contributed by atoms with Gasteiger partial charge in [-0.3, -0.25) is 14.0 Å². The molecule has 28 heavy (non-hydrogen) atoms. The Labute approximate surface area is 162 Å². The largest absolute Gasteiger partial charge is 0.456 e. The molecule has 3 aromatic rings. The molecule has 1 saturated heterocycles. The number of nitrogens with zero attached hydrogens (tertiary/aromatic N) is 1. The van der Waals surface area contributed by atoms with Gasteiger partial charge in [-0.05, 0) is 43.2 Å². The van der Waals surface area contributed by atoms with Crippen LogP contribution in [0.25, 0.3) is 22.3 Å². The van der Waals surface area contributed by atoms with Gasteiger partial charge < -0.3 is 8.94 Å². The molecule has 0 saturated carbocycles. The van der Waals surface area contributed by atoms with E-state index in [1.165, 1.54) is 16.8 Å². The van der Waals surface area contributed by atoms with Crippen molar-refractivity contribution in [1.82, 2.24) is 4.67 Å². The van der Waals surface area contributed by atoms with E-state index in [1.54, 1.807) is 19.1 Å². The zero-order chi connectivity index (χ0) is 19.7. The maximum Gasteiger partial charge on any atom is 0.302 e. The number of furan rings is 1. The van der Waals surface area contributed by atoms with E-state index >= 15 is 0 Å². The van der Waals surface area contributed by atoms with E-state index in [0.29, 0.717) is 36.1 Å². The second-order valence-electron chi connectivity index (χ2n) is 6.82. The van der Waals surface area contributed by atoms with Gasteiger partial charge in [-0.25, -0.2) is 4.39 Å². The predicted molar refractivity (Wildman–Crippen MR) is 105 cm³/mol. The molecular formula is C21H21FNO4P. The fourth-order valence-electron chi connectivity index (χ4n) is 3.52. The van der Waals surface area contributed by atoms with Crippen LogP contribution >= 0.6 is 7.52 Å². The number of rotatable bonds is 6. The zero-order valence-corrected chi connectivity index (χ0v) is 16.5. The van der Waals surface area contributed by atoms with E-state index in [9.17, 15) is 13.8 Å². The van der Waals surface area contributed by atoms with Crippen LogP contribution in [-0.2, 0) is 20.0 Å². The molecule has 2 aromatic carbocycles. The fourth-order valence-corrected chi connectivity index (χ4v) is 5.88. The summed E-state index contributed by atoms with van der Waals surface area (Å²) in [5.41, 5.74) is 2.28. The molecule has 146 valence electrons. The smallest absolute Gasteiger partial charge is 0.302 e. The maximum absolute atomic E-state index is 13.4. The molecule has 1 amide bonds. The van der Waals surface area contributed by atoms with Gasteiger partial charge in [-0.15, -0.1) is 0 Å². The number of hydrogen-bond acceptors (Lipinski definition) is 4. The standard InChI is InChI=1S/C21H21FNO4P/c1-2-26-28(25,23-11-3-4-21(23)24)14-15-5-7-16(8-6-15)20-13-17-12-18(22)9-10-19(17)27-20/h5-10,12-13H,2-4,11,14H2,1H3. The molecule has 4 rings (SSSR count). The van der Waals surface area contributed by atoms with Crippen molar-refractivity contribution in [3.8, 4) is 11.3 Å². The highest BCUT2D eigenvalue weighted by Gasteiger charge is 2.38. The molecular weight excluding hydrogens is 380 g/mol. The van der Waals surface area contributed by atoms with E-state index in [4.69, 9.17) is 8.94 Å². The number of carbonyl (C=O) groups excluding carboxylic acids is 1. The summed E-state index contributed by atoms with van der Waals surface area (Å²) in [6, 6.07) is 13.6. The van der Waals surface area contributed by atoms with Crippen LogP contribution in [0.5, 0.6) is 0 Å². The topological polar surface area (TPSA) is 59.8 Å². The van der Waals surface area contributed by atoms with Crippen molar-refractivity contribution in [3.05, 3.63) is 59.9 Å². The summed E-state index contributed by atoms with van der Waals surface area (Å²) >= 11 is 0. The number of halogens is 1. The summed E-state index contributed by atoms with van der Waals surface area (Å²) < 4.78 is 39.5. The molecule has 0 aliphatic carbocycles. The lowest BCUT2D eigenvalue weighted by Gasteiger charge is -2.27. The van der Waals surface area contributed by atoms with Gasteiger partial charge in [0.2, 0.25) is 5.91 Å². The third kappa shape index (κ3) is 3.62. The molecule has 7 heteroatoms. The maximum atomic E-state index is 13.4. The van der Waals surface area contributed by atoms with Gasteiger partial charge in [0, 0.05) is 23.9 Å². The van der Waals surface area contributed by atoms with Crippen molar-refractivity contribution in [2.24, 2.45) is 0 Å². The van der Waals surface area contributed by atoms with Gasteiger partial charge in [0.25, 0.3) is 0 Å². The van der Waals surface area contributed by atoms with Crippen LogP contribution in [0.1, 0.15) is 25.3 Å². The molecule has 1 aliphatic rings. The Morgan fingerprint density at radius 3 is 2.64 bits per heavy atom. The number of hydrogen-bond donors (Lipinski definition) is 0. The Morgan fingerprint density at radius 1 is 1.18 bits per heavy atom. The highest BCUT2D eigenvalue weighted by molar-refractivity contribution is 7.56. The van der Waals surface area contributed by atoms with Crippen LogP contribution in [0.3, 0.4) is 0 Å². The molecule has 0 N–H and O–H groups in total. The molecule has 5 nitrogen and oxygen atoms in total. The zero-order valence-electron chi connectivity index (χ0n) is 15.6. The quantitative estimate of drug-likeness (QED) is 0.505. The second-order valence-corrected chi connectivity index (χ2v) is 9.16. The van der Waals surface area contributed by atoms with Crippen molar-refractivity contribution in [1.29, 1.82) is 0 Å². The molecule has 1 aliphatic heterocycles. The molecule has 1 unspecified atom stereocenters. The van der Waals surface area contributed by atoms with E-state index in [1.807, 2.05) is 24.3 Å². The van der Waals surface area contributed by atoms with Gasteiger partial charge in [0.15, 0.2) is 0 Å². The van der Waals surface area contributed by atoms with Crippen molar-refractivity contribution >= 4 is 24.4 Å². The Hall–Kier alpha value is -2.43. The van der Waals surface area contributed by atoms with Crippen molar-refractivity contribution in [2.75, 3.05) is 13.2 Å².